The molecule has 2 amide bonds. The largest absolute Gasteiger partial charge is 0.355 e. The topological polar surface area (TPSA) is 67.2 Å². The third-order valence-electron chi connectivity index (χ3n) is 4.48. The fourth-order valence-electron chi connectivity index (χ4n) is 3.06. The summed E-state index contributed by atoms with van der Waals surface area (Å²) in [4.78, 5) is 30.6. The standard InChI is InChI=1S/C20H22N4O2S/c1-13-11-17(14(2)24(13)20-22-9-10-27-20)19(26)23(4)12-15-5-7-16(8-6-15)18(25)21-3/h5-11H,12H2,1-4H3,(H,21,25). The van der Waals surface area contributed by atoms with Gasteiger partial charge in [0, 0.05) is 49.2 Å². The number of nitrogens with zero attached hydrogens (tertiary/aromatic N) is 3. The average molecular weight is 382 g/mol. The lowest BCUT2D eigenvalue weighted by atomic mass is 10.1. The van der Waals surface area contributed by atoms with Crippen molar-refractivity contribution >= 4 is 23.2 Å². The Morgan fingerprint density at radius 3 is 2.52 bits per heavy atom. The lowest BCUT2D eigenvalue weighted by Crippen LogP contribution is -2.26. The maximum absolute atomic E-state index is 13.0. The van der Waals surface area contributed by atoms with Gasteiger partial charge in [-0.3, -0.25) is 14.2 Å². The van der Waals surface area contributed by atoms with E-state index in [1.54, 1.807) is 48.7 Å². The lowest BCUT2D eigenvalue weighted by molar-refractivity contribution is 0.0784. The van der Waals surface area contributed by atoms with Crippen LogP contribution in [-0.2, 0) is 6.54 Å². The first-order valence-corrected chi connectivity index (χ1v) is 9.45. The van der Waals surface area contributed by atoms with Crippen molar-refractivity contribution in [3.05, 3.63) is 70.0 Å². The van der Waals surface area contributed by atoms with Crippen LogP contribution in [0.1, 0.15) is 37.7 Å². The Bertz CT molecular complexity index is 959. The first kappa shape index (κ1) is 18.8. The van der Waals surface area contributed by atoms with Crippen LogP contribution in [0.3, 0.4) is 0 Å². The van der Waals surface area contributed by atoms with Crippen molar-refractivity contribution < 1.29 is 9.59 Å². The molecule has 0 radical (unpaired) electrons. The molecule has 0 bridgehead atoms. The van der Waals surface area contributed by atoms with E-state index in [9.17, 15) is 9.59 Å². The normalized spacial score (nSPS) is 10.7. The van der Waals surface area contributed by atoms with Gasteiger partial charge in [-0.05, 0) is 37.6 Å². The van der Waals surface area contributed by atoms with Gasteiger partial charge in [0.25, 0.3) is 11.8 Å². The number of benzene rings is 1. The van der Waals surface area contributed by atoms with Crippen LogP contribution in [0.25, 0.3) is 5.13 Å². The van der Waals surface area contributed by atoms with Gasteiger partial charge in [0.15, 0.2) is 5.13 Å². The van der Waals surface area contributed by atoms with Gasteiger partial charge in [-0.15, -0.1) is 11.3 Å². The number of hydrogen-bond donors (Lipinski definition) is 1. The van der Waals surface area contributed by atoms with Crippen LogP contribution in [0.5, 0.6) is 0 Å². The van der Waals surface area contributed by atoms with E-state index in [0.29, 0.717) is 17.7 Å². The zero-order chi connectivity index (χ0) is 19.6. The van der Waals surface area contributed by atoms with Crippen LogP contribution < -0.4 is 5.32 Å². The SMILES string of the molecule is CNC(=O)c1ccc(CN(C)C(=O)c2cc(C)n(-c3nccs3)c2C)cc1. The number of rotatable bonds is 5. The molecule has 6 nitrogen and oxygen atoms in total. The van der Waals surface area contributed by atoms with E-state index in [4.69, 9.17) is 0 Å². The maximum atomic E-state index is 13.0. The molecule has 3 rings (SSSR count). The van der Waals surface area contributed by atoms with Crippen molar-refractivity contribution in [2.24, 2.45) is 0 Å². The first-order valence-electron chi connectivity index (χ1n) is 8.57. The van der Waals surface area contributed by atoms with Gasteiger partial charge in [0.05, 0.1) is 5.56 Å². The van der Waals surface area contributed by atoms with Crippen molar-refractivity contribution in [2.75, 3.05) is 14.1 Å². The molecule has 3 aromatic rings. The highest BCUT2D eigenvalue weighted by atomic mass is 32.1. The van der Waals surface area contributed by atoms with Gasteiger partial charge in [0.2, 0.25) is 0 Å². The summed E-state index contributed by atoms with van der Waals surface area (Å²) in [5.41, 5.74) is 4.10. The van der Waals surface area contributed by atoms with E-state index in [1.165, 1.54) is 0 Å². The molecule has 7 heteroatoms. The molecule has 0 atom stereocenters. The number of nitrogens with one attached hydrogen (secondary N) is 1. The monoisotopic (exact) mass is 382 g/mol. The molecule has 2 aromatic heterocycles. The quantitative estimate of drug-likeness (QED) is 0.737. The summed E-state index contributed by atoms with van der Waals surface area (Å²) >= 11 is 1.54. The molecule has 0 aliphatic rings. The third-order valence-corrected chi connectivity index (χ3v) is 5.24. The predicted molar refractivity (Wildman–Crippen MR) is 107 cm³/mol. The summed E-state index contributed by atoms with van der Waals surface area (Å²) in [6.45, 7) is 4.38. The Labute approximate surface area is 162 Å². The number of aryl methyl sites for hydroxylation is 1. The molecular formula is C20H22N4O2S. The summed E-state index contributed by atoms with van der Waals surface area (Å²) in [5.74, 6) is -0.165. The Balaban J connectivity index is 1.78. The Hall–Kier alpha value is -2.93. The summed E-state index contributed by atoms with van der Waals surface area (Å²) in [6.07, 6.45) is 1.76. The second-order valence-electron chi connectivity index (χ2n) is 6.37. The van der Waals surface area contributed by atoms with Crippen molar-refractivity contribution in [1.29, 1.82) is 0 Å². The van der Waals surface area contributed by atoms with E-state index in [1.807, 2.05) is 42.0 Å². The van der Waals surface area contributed by atoms with Crippen LogP contribution >= 0.6 is 11.3 Å². The highest BCUT2D eigenvalue weighted by Crippen LogP contribution is 2.23. The van der Waals surface area contributed by atoms with Gasteiger partial charge in [-0.2, -0.15) is 0 Å². The van der Waals surface area contributed by atoms with Gasteiger partial charge < -0.3 is 10.2 Å². The number of hydrogen-bond acceptors (Lipinski definition) is 4. The highest BCUT2D eigenvalue weighted by Gasteiger charge is 2.20. The predicted octanol–water partition coefficient (Wildman–Crippen LogP) is 3.18. The summed E-state index contributed by atoms with van der Waals surface area (Å²) in [6, 6.07) is 9.17. The van der Waals surface area contributed by atoms with Crippen molar-refractivity contribution in [1.82, 2.24) is 19.8 Å². The van der Waals surface area contributed by atoms with Crippen LogP contribution in [-0.4, -0.2) is 40.4 Å². The van der Waals surface area contributed by atoms with Crippen LogP contribution in [0, 0.1) is 13.8 Å². The third kappa shape index (κ3) is 3.78. The average Bonchev–Trinajstić information content (AvgIpc) is 3.28. The van der Waals surface area contributed by atoms with E-state index < -0.39 is 0 Å². The minimum Gasteiger partial charge on any atom is -0.355 e. The molecule has 0 aliphatic heterocycles. The summed E-state index contributed by atoms with van der Waals surface area (Å²) in [5, 5.41) is 5.38. The Morgan fingerprint density at radius 2 is 1.93 bits per heavy atom. The first-order chi connectivity index (χ1) is 12.9. The Morgan fingerprint density at radius 1 is 1.22 bits per heavy atom. The van der Waals surface area contributed by atoms with Crippen molar-refractivity contribution in [2.45, 2.75) is 20.4 Å². The molecule has 140 valence electrons. The number of amides is 2. The summed E-state index contributed by atoms with van der Waals surface area (Å²) < 4.78 is 2.00. The van der Waals surface area contributed by atoms with Crippen LogP contribution in [0.15, 0.2) is 41.9 Å². The van der Waals surface area contributed by atoms with Gasteiger partial charge in [-0.1, -0.05) is 12.1 Å². The minimum atomic E-state index is -0.124. The number of carbonyl (C=O) groups is 2. The zero-order valence-corrected chi connectivity index (χ0v) is 16.6. The van der Waals surface area contributed by atoms with Crippen LogP contribution in [0.4, 0.5) is 0 Å². The van der Waals surface area contributed by atoms with E-state index >= 15 is 0 Å². The molecule has 1 N–H and O–H groups in total. The fourth-order valence-corrected chi connectivity index (χ4v) is 3.81. The fraction of sp³-hybridized carbons (Fsp3) is 0.250. The molecule has 1 aromatic carbocycles. The van der Waals surface area contributed by atoms with Crippen molar-refractivity contribution in [3.8, 4) is 5.13 Å². The van der Waals surface area contributed by atoms with Gasteiger partial charge >= 0.3 is 0 Å². The van der Waals surface area contributed by atoms with E-state index in [0.717, 1.165) is 22.1 Å². The second-order valence-corrected chi connectivity index (χ2v) is 7.25. The molecule has 0 spiro atoms. The number of carbonyl (C=O) groups excluding carboxylic acids is 2. The molecule has 0 saturated carbocycles. The zero-order valence-electron chi connectivity index (χ0n) is 15.8. The number of aromatic nitrogens is 2. The van der Waals surface area contributed by atoms with E-state index in [-0.39, 0.29) is 11.8 Å². The van der Waals surface area contributed by atoms with Crippen molar-refractivity contribution in [3.63, 3.8) is 0 Å². The maximum Gasteiger partial charge on any atom is 0.255 e. The molecular weight excluding hydrogens is 360 g/mol. The van der Waals surface area contributed by atoms with E-state index in [2.05, 4.69) is 10.3 Å². The molecule has 27 heavy (non-hydrogen) atoms. The minimum absolute atomic E-state index is 0.0405. The molecule has 0 fully saturated rings. The number of thiazole rings is 1. The smallest absolute Gasteiger partial charge is 0.255 e. The second kappa shape index (κ2) is 7.75. The Kier molecular flexibility index (Phi) is 5.41. The summed E-state index contributed by atoms with van der Waals surface area (Å²) in [7, 11) is 3.38. The van der Waals surface area contributed by atoms with Crippen LogP contribution in [0.2, 0.25) is 0 Å². The molecule has 0 unspecified atom stereocenters. The van der Waals surface area contributed by atoms with Gasteiger partial charge in [-0.25, -0.2) is 4.98 Å². The lowest BCUT2D eigenvalue weighted by Gasteiger charge is -2.17. The molecule has 0 aliphatic carbocycles. The highest BCUT2D eigenvalue weighted by molar-refractivity contribution is 7.12. The van der Waals surface area contributed by atoms with Gasteiger partial charge in [0.1, 0.15) is 0 Å². The molecule has 2 heterocycles. The molecule has 0 saturated heterocycles.